The van der Waals surface area contributed by atoms with Crippen LogP contribution in [0, 0.1) is 23.7 Å². The largest absolute Gasteiger partial charge is 0.462 e. The molecule has 1 fully saturated rings. The molecule has 132 valence electrons. The number of esters is 2. The van der Waals surface area contributed by atoms with Crippen LogP contribution < -0.4 is 0 Å². The van der Waals surface area contributed by atoms with Crippen molar-refractivity contribution in [2.75, 3.05) is 13.2 Å². The van der Waals surface area contributed by atoms with Gasteiger partial charge in [0.2, 0.25) is 0 Å². The monoisotopic (exact) mass is 324 g/mol. The van der Waals surface area contributed by atoms with E-state index < -0.39 is 11.9 Å². The molecule has 0 aromatic rings. The molecule has 0 radical (unpaired) electrons. The van der Waals surface area contributed by atoms with Crippen LogP contribution in [0.1, 0.15) is 60.3 Å². The molecule has 0 amide bonds. The number of carbonyl (C=O) groups excluding carboxylic acids is 2. The van der Waals surface area contributed by atoms with E-state index in [2.05, 4.69) is 6.92 Å². The molecule has 0 heterocycles. The minimum absolute atomic E-state index is 0.0741. The van der Waals surface area contributed by atoms with Crippen molar-refractivity contribution >= 4 is 11.9 Å². The molecule has 0 N–H and O–H groups in total. The Hall–Kier alpha value is -1.32. The Bertz CT molecular complexity index is 397. The van der Waals surface area contributed by atoms with Gasteiger partial charge in [-0.05, 0) is 30.1 Å². The van der Waals surface area contributed by atoms with Crippen molar-refractivity contribution < 1.29 is 19.1 Å². The minimum atomic E-state index is -0.551. The second kappa shape index (κ2) is 9.74. The number of ether oxygens (including phenoxy) is 2. The highest BCUT2D eigenvalue weighted by atomic mass is 16.6. The average molecular weight is 324 g/mol. The lowest BCUT2D eigenvalue weighted by atomic mass is 9.79. The maximum Gasteiger partial charge on any atom is 0.345 e. The van der Waals surface area contributed by atoms with Crippen molar-refractivity contribution in [3.8, 4) is 0 Å². The predicted octanol–water partition coefficient (Wildman–Crippen LogP) is 4.14. The predicted molar refractivity (Wildman–Crippen MR) is 90.8 cm³/mol. The van der Waals surface area contributed by atoms with Crippen LogP contribution in [0.2, 0.25) is 0 Å². The van der Waals surface area contributed by atoms with E-state index in [1.54, 1.807) is 6.08 Å². The zero-order valence-corrected chi connectivity index (χ0v) is 15.3. The summed E-state index contributed by atoms with van der Waals surface area (Å²) in [4.78, 5) is 24.6. The summed E-state index contributed by atoms with van der Waals surface area (Å²) in [5, 5.41) is 0. The fraction of sp³-hybridized carbons (Fsp3) is 0.789. The molecule has 1 rings (SSSR count). The van der Waals surface area contributed by atoms with Gasteiger partial charge in [-0.15, -0.1) is 0 Å². The summed E-state index contributed by atoms with van der Waals surface area (Å²) in [6, 6.07) is 0. The minimum Gasteiger partial charge on any atom is -0.462 e. The third-order valence-electron chi connectivity index (χ3n) is 4.09. The fourth-order valence-corrected chi connectivity index (χ4v) is 2.67. The third-order valence-corrected chi connectivity index (χ3v) is 4.09. The van der Waals surface area contributed by atoms with Crippen molar-refractivity contribution in [1.82, 2.24) is 0 Å². The van der Waals surface area contributed by atoms with Gasteiger partial charge < -0.3 is 9.47 Å². The van der Waals surface area contributed by atoms with Crippen LogP contribution in [-0.2, 0) is 19.1 Å². The Kier molecular flexibility index (Phi) is 8.35. The molecule has 1 saturated carbocycles. The van der Waals surface area contributed by atoms with Crippen LogP contribution in [0.4, 0.5) is 0 Å². The molecular weight excluding hydrogens is 292 g/mol. The van der Waals surface area contributed by atoms with Crippen LogP contribution in [0.3, 0.4) is 0 Å². The first-order valence-electron chi connectivity index (χ1n) is 8.87. The molecule has 0 bridgehead atoms. The quantitative estimate of drug-likeness (QED) is 0.306. The van der Waals surface area contributed by atoms with E-state index in [0.29, 0.717) is 19.1 Å². The van der Waals surface area contributed by atoms with Gasteiger partial charge in [-0.3, -0.25) is 0 Å². The van der Waals surface area contributed by atoms with Gasteiger partial charge >= 0.3 is 11.9 Å². The molecule has 0 aromatic carbocycles. The maximum absolute atomic E-state index is 12.3. The molecule has 2 atom stereocenters. The van der Waals surface area contributed by atoms with Gasteiger partial charge in [-0.25, -0.2) is 9.59 Å². The summed E-state index contributed by atoms with van der Waals surface area (Å²) in [7, 11) is 0. The Morgan fingerprint density at radius 1 is 0.957 bits per heavy atom. The number of rotatable bonds is 7. The third kappa shape index (κ3) is 7.19. The molecule has 1 aliphatic carbocycles. The molecule has 4 heteroatoms. The Morgan fingerprint density at radius 3 is 1.87 bits per heavy atom. The molecule has 2 unspecified atom stereocenters. The highest BCUT2D eigenvalue weighted by Gasteiger charge is 2.27. The van der Waals surface area contributed by atoms with Crippen LogP contribution in [0.5, 0.6) is 0 Å². The van der Waals surface area contributed by atoms with Crippen LogP contribution in [0.15, 0.2) is 11.6 Å². The average Bonchev–Trinajstić information content (AvgIpc) is 2.49. The lowest BCUT2D eigenvalue weighted by molar-refractivity contribution is -0.148. The van der Waals surface area contributed by atoms with E-state index in [1.807, 2.05) is 27.7 Å². The van der Waals surface area contributed by atoms with E-state index in [9.17, 15) is 9.59 Å². The number of hydrogen-bond acceptors (Lipinski definition) is 4. The SMILES string of the molecule is CC(C)COC(=O)C(=CC1CCCCC1C)C(=O)OCC(C)C. The summed E-state index contributed by atoms with van der Waals surface area (Å²) in [6.07, 6.45) is 6.31. The topological polar surface area (TPSA) is 52.6 Å². The first-order chi connectivity index (χ1) is 10.8. The van der Waals surface area contributed by atoms with Crippen molar-refractivity contribution in [2.45, 2.75) is 60.3 Å². The lowest BCUT2D eigenvalue weighted by Gasteiger charge is -2.26. The Morgan fingerprint density at radius 2 is 1.43 bits per heavy atom. The maximum atomic E-state index is 12.3. The van der Waals surface area contributed by atoms with E-state index in [0.717, 1.165) is 19.3 Å². The van der Waals surface area contributed by atoms with Gasteiger partial charge in [-0.2, -0.15) is 0 Å². The van der Waals surface area contributed by atoms with Gasteiger partial charge in [0.25, 0.3) is 0 Å². The van der Waals surface area contributed by atoms with E-state index in [1.165, 1.54) is 6.42 Å². The molecule has 0 aliphatic heterocycles. The van der Waals surface area contributed by atoms with Crippen LogP contribution in [0.25, 0.3) is 0 Å². The lowest BCUT2D eigenvalue weighted by Crippen LogP contribution is -2.24. The van der Waals surface area contributed by atoms with Crippen LogP contribution >= 0.6 is 0 Å². The second-order valence-electron chi connectivity index (χ2n) is 7.49. The summed E-state index contributed by atoms with van der Waals surface area (Å²) in [5.41, 5.74) is 0.0741. The second-order valence-corrected chi connectivity index (χ2v) is 7.49. The van der Waals surface area contributed by atoms with E-state index in [-0.39, 0.29) is 23.3 Å². The van der Waals surface area contributed by atoms with Crippen molar-refractivity contribution in [2.24, 2.45) is 23.7 Å². The van der Waals surface area contributed by atoms with Crippen LogP contribution in [-0.4, -0.2) is 25.2 Å². The van der Waals surface area contributed by atoms with Gasteiger partial charge in [0, 0.05) is 0 Å². The molecule has 1 aliphatic rings. The molecule has 0 aromatic heterocycles. The standard InChI is InChI=1S/C19H32O4/c1-13(2)11-22-18(20)17(19(21)23-12-14(3)4)10-16-9-7-6-8-15(16)5/h10,13-16H,6-9,11-12H2,1-5H3. The smallest absolute Gasteiger partial charge is 0.345 e. The first kappa shape index (κ1) is 19.7. The van der Waals surface area contributed by atoms with Gasteiger partial charge in [-0.1, -0.05) is 60.0 Å². The number of carbonyl (C=O) groups is 2. The molecule has 0 saturated heterocycles. The zero-order chi connectivity index (χ0) is 17.4. The summed E-state index contributed by atoms with van der Waals surface area (Å²) >= 11 is 0. The number of hydrogen-bond donors (Lipinski definition) is 0. The molecule has 23 heavy (non-hydrogen) atoms. The number of allylic oxidation sites excluding steroid dienone is 1. The first-order valence-corrected chi connectivity index (χ1v) is 8.87. The summed E-state index contributed by atoms with van der Waals surface area (Å²) < 4.78 is 10.5. The summed E-state index contributed by atoms with van der Waals surface area (Å²) in [5.74, 6) is 0.0999. The van der Waals surface area contributed by atoms with Gasteiger partial charge in [0.1, 0.15) is 5.57 Å². The zero-order valence-electron chi connectivity index (χ0n) is 15.3. The highest BCUT2D eigenvalue weighted by molar-refractivity contribution is 6.14. The van der Waals surface area contributed by atoms with Gasteiger partial charge in [0.15, 0.2) is 0 Å². The highest BCUT2D eigenvalue weighted by Crippen LogP contribution is 2.31. The Labute approximate surface area is 140 Å². The van der Waals surface area contributed by atoms with E-state index >= 15 is 0 Å². The van der Waals surface area contributed by atoms with Gasteiger partial charge in [0.05, 0.1) is 13.2 Å². The molecular formula is C19H32O4. The van der Waals surface area contributed by atoms with Crippen molar-refractivity contribution in [1.29, 1.82) is 0 Å². The van der Waals surface area contributed by atoms with Crippen molar-refractivity contribution in [3.05, 3.63) is 11.6 Å². The Balaban J connectivity index is 2.85. The van der Waals surface area contributed by atoms with Crippen molar-refractivity contribution in [3.63, 3.8) is 0 Å². The normalized spacial score (nSPS) is 21.2. The molecule has 4 nitrogen and oxygen atoms in total. The van der Waals surface area contributed by atoms with E-state index in [4.69, 9.17) is 9.47 Å². The molecule has 0 spiro atoms. The summed E-state index contributed by atoms with van der Waals surface area (Å²) in [6.45, 7) is 10.7. The fourth-order valence-electron chi connectivity index (χ4n) is 2.67.